The fourth-order valence-corrected chi connectivity index (χ4v) is 2.01. The fraction of sp³-hybridized carbons (Fsp3) is 0.714. The van der Waals surface area contributed by atoms with Crippen LogP contribution in [0.2, 0.25) is 5.15 Å². The van der Waals surface area contributed by atoms with Crippen LogP contribution in [0.25, 0.3) is 0 Å². The van der Waals surface area contributed by atoms with E-state index in [0.717, 1.165) is 18.4 Å². The molecule has 2 N–H and O–H groups in total. The Morgan fingerprint density at radius 3 is 2.53 bits per heavy atom. The maximum atomic E-state index is 10.2. The molecule has 1 atom stereocenters. The van der Waals surface area contributed by atoms with Crippen molar-refractivity contribution in [3.05, 3.63) is 16.5 Å². The zero-order valence-electron chi connectivity index (χ0n) is 12.4. The topological polar surface area (TPSA) is 58.0 Å². The van der Waals surface area contributed by atoms with Crippen molar-refractivity contribution < 1.29 is 5.11 Å². The number of nitrogens with one attached hydrogen (secondary N) is 1. The molecule has 0 spiro atoms. The van der Waals surface area contributed by atoms with E-state index in [0.29, 0.717) is 23.3 Å². The van der Waals surface area contributed by atoms with Gasteiger partial charge in [-0.2, -0.15) is 0 Å². The second kappa shape index (κ2) is 6.53. The zero-order valence-corrected chi connectivity index (χ0v) is 13.2. The van der Waals surface area contributed by atoms with Crippen molar-refractivity contribution in [2.24, 2.45) is 0 Å². The lowest BCUT2D eigenvalue weighted by atomic mass is 10.0. The van der Waals surface area contributed by atoms with Crippen LogP contribution in [0.5, 0.6) is 0 Å². The van der Waals surface area contributed by atoms with E-state index in [9.17, 15) is 5.11 Å². The highest BCUT2D eigenvalue weighted by molar-refractivity contribution is 6.30. The van der Waals surface area contributed by atoms with Crippen LogP contribution < -0.4 is 5.32 Å². The smallest absolute Gasteiger partial charge is 0.137 e. The Morgan fingerprint density at radius 1 is 1.37 bits per heavy atom. The Kier molecular flexibility index (Phi) is 5.56. The van der Waals surface area contributed by atoms with E-state index < -0.39 is 5.60 Å². The second-order valence-electron chi connectivity index (χ2n) is 5.60. The van der Waals surface area contributed by atoms with Crippen molar-refractivity contribution in [3.63, 3.8) is 0 Å². The van der Waals surface area contributed by atoms with Gasteiger partial charge in [0.25, 0.3) is 0 Å². The lowest BCUT2D eigenvalue weighted by Crippen LogP contribution is -2.33. The van der Waals surface area contributed by atoms with Crippen LogP contribution in [0.15, 0.2) is 0 Å². The molecule has 0 radical (unpaired) electrons. The standard InChI is InChI=1S/C14H24ClN3O/c1-6-7-14(5,19)8-16-13-10(4)11(15)17-12(18-13)9(2)3/h9,19H,6-8H2,1-5H3,(H,16,17,18). The normalized spacial score (nSPS) is 14.5. The van der Waals surface area contributed by atoms with Gasteiger partial charge in [-0.05, 0) is 20.3 Å². The molecule has 0 aliphatic rings. The highest BCUT2D eigenvalue weighted by atomic mass is 35.5. The summed E-state index contributed by atoms with van der Waals surface area (Å²) in [5, 5.41) is 13.8. The third-order valence-corrected chi connectivity index (χ3v) is 3.41. The monoisotopic (exact) mass is 285 g/mol. The maximum Gasteiger partial charge on any atom is 0.137 e. The number of anilines is 1. The minimum Gasteiger partial charge on any atom is -0.388 e. The lowest BCUT2D eigenvalue weighted by molar-refractivity contribution is 0.0636. The van der Waals surface area contributed by atoms with E-state index in [1.807, 2.05) is 27.7 Å². The van der Waals surface area contributed by atoms with Crippen molar-refractivity contribution in [2.75, 3.05) is 11.9 Å². The van der Waals surface area contributed by atoms with Crippen molar-refractivity contribution in [3.8, 4) is 0 Å². The van der Waals surface area contributed by atoms with Gasteiger partial charge in [0.1, 0.15) is 16.8 Å². The fourth-order valence-electron chi connectivity index (χ4n) is 1.84. The van der Waals surface area contributed by atoms with Gasteiger partial charge >= 0.3 is 0 Å². The van der Waals surface area contributed by atoms with Gasteiger partial charge in [-0.25, -0.2) is 9.97 Å². The predicted octanol–water partition coefficient (Wildman–Crippen LogP) is 3.52. The van der Waals surface area contributed by atoms with Crippen LogP contribution in [0.3, 0.4) is 0 Å². The zero-order chi connectivity index (χ0) is 14.6. The van der Waals surface area contributed by atoms with E-state index in [4.69, 9.17) is 11.6 Å². The molecule has 0 amide bonds. The van der Waals surface area contributed by atoms with Gasteiger partial charge in [0.05, 0.1) is 5.60 Å². The third kappa shape index (κ3) is 4.62. The Bertz CT molecular complexity index is 433. The molecule has 0 saturated carbocycles. The Labute approximate surface area is 120 Å². The van der Waals surface area contributed by atoms with Crippen LogP contribution >= 0.6 is 11.6 Å². The number of aromatic nitrogens is 2. The summed E-state index contributed by atoms with van der Waals surface area (Å²) < 4.78 is 0. The molecule has 4 nitrogen and oxygen atoms in total. The van der Waals surface area contributed by atoms with Crippen LogP contribution in [-0.4, -0.2) is 27.2 Å². The second-order valence-corrected chi connectivity index (χ2v) is 5.96. The van der Waals surface area contributed by atoms with Crippen molar-refractivity contribution in [2.45, 2.75) is 59.0 Å². The van der Waals surface area contributed by atoms with Crippen molar-refractivity contribution in [1.29, 1.82) is 0 Å². The van der Waals surface area contributed by atoms with Crippen LogP contribution in [0.1, 0.15) is 57.8 Å². The molecular weight excluding hydrogens is 262 g/mol. The first-order valence-corrected chi connectivity index (χ1v) is 7.15. The Balaban J connectivity index is 2.88. The van der Waals surface area contributed by atoms with Crippen LogP contribution in [0.4, 0.5) is 5.82 Å². The molecule has 5 heteroatoms. The predicted molar refractivity (Wildman–Crippen MR) is 79.9 cm³/mol. The summed E-state index contributed by atoms with van der Waals surface area (Å²) in [5.41, 5.74) is 0.0785. The number of rotatable bonds is 6. The molecule has 108 valence electrons. The first kappa shape index (κ1) is 16.2. The van der Waals surface area contributed by atoms with Gasteiger partial charge in [-0.15, -0.1) is 0 Å². The molecule has 0 aliphatic heterocycles. The molecule has 1 aromatic rings. The van der Waals surface area contributed by atoms with Gasteiger partial charge in [-0.3, -0.25) is 0 Å². The van der Waals surface area contributed by atoms with E-state index in [2.05, 4.69) is 22.2 Å². The quantitative estimate of drug-likeness (QED) is 0.785. The maximum absolute atomic E-state index is 10.2. The number of nitrogens with zero attached hydrogens (tertiary/aromatic N) is 2. The largest absolute Gasteiger partial charge is 0.388 e. The van der Waals surface area contributed by atoms with E-state index >= 15 is 0 Å². The molecular formula is C14H24ClN3O. The highest BCUT2D eigenvalue weighted by Crippen LogP contribution is 2.23. The van der Waals surface area contributed by atoms with Gasteiger partial charge < -0.3 is 10.4 Å². The molecule has 1 aromatic heterocycles. The number of hydrogen-bond donors (Lipinski definition) is 2. The SMILES string of the molecule is CCCC(C)(O)CNc1nc(C(C)C)nc(Cl)c1C. The summed E-state index contributed by atoms with van der Waals surface area (Å²) in [6.07, 6.45) is 1.68. The summed E-state index contributed by atoms with van der Waals surface area (Å²) in [6.45, 7) is 10.3. The summed E-state index contributed by atoms with van der Waals surface area (Å²) in [6, 6.07) is 0. The highest BCUT2D eigenvalue weighted by Gasteiger charge is 2.20. The number of halogens is 1. The van der Waals surface area contributed by atoms with E-state index in [1.54, 1.807) is 0 Å². The molecule has 1 unspecified atom stereocenters. The van der Waals surface area contributed by atoms with Gasteiger partial charge in [0.15, 0.2) is 0 Å². The molecule has 0 aromatic carbocycles. The molecule has 1 heterocycles. The molecule has 0 saturated heterocycles. The summed E-state index contributed by atoms with van der Waals surface area (Å²) in [5.74, 6) is 1.64. The summed E-state index contributed by atoms with van der Waals surface area (Å²) in [7, 11) is 0. The number of aliphatic hydroxyl groups is 1. The Hall–Kier alpha value is -0.870. The third-order valence-electron chi connectivity index (χ3n) is 3.05. The first-order valence-electron chi connectivity index (χ1n) is 6.77. The van der Waals surface area contributed by atoms with Crippen LogP contribution in [0, 0.1) is 6.92 Å². The minimum atomic E-state index is -0.739. The molecule has 0 bridgehead atoms. The van der Waals surface area contributed by atoms with Gasteiger partial charge in [0.2, 0.25) is 0 Å². The van der Waals surface area contributed by atoms with E-state index in [-0.39, 0.29) is 5.92 Å². The number of hydrogen-bond acceptors (Lipinski definition) is 4. The minimum absolute atomic E-state index is 0.217. The van der Waals surface area contributed by atoms with E-state index in [1.165, 1.54) is 0 Å². The van der Waals surface area contributed by atoms with Crippen molar-refractivity contribution in [1.82, 2.24) is 9.97 Å². The summed E-state index contributed by atoms with van der Waals surface area (Å²) >= 11 is 6.12. The lowest BCUT2D eigenvalue weighted by Gasteiger charge is -2.24. The molecule has 1 rings (SSSR count). The average Bonchev–Trinajstić information content (AvgIpc) is 2.30. The summed E-state index contributed by atoms with van der Waals surface area (Å²) in [4.78, 5) is 8.74. The van der Waals surface area contributed by atoms with Gasteiger partial charge in [0, 0.05) is 18.0 Å². The molecule has 0 fully saturated rings. The average molecular weight is 286 g/mol. The first-order chi connectivity index (χ1) is 8.76. The Morgan fingerprint density at radius 2 is 2.00 bits per heavy atom. The van der Waals surface area contributed by atoms with Crippen LogP contribution in [-0.2, 0) is 0 Å². The molecule has 19 heavy (non-hydrogen) atoms. The van der Waals surface area contributed by atoms with Gasteiger partial charge in [-0.1, -0.05) is 38.8 Å². The molecule has 0 aliphatic carbocycles. The van der Waals surface area contributed by atoms with Crippen molar-refractivity contribution >= 4 is 17.4 Å².